The predicted octanol–water partition coefficient (Wildman–Crippen LogP) is 1.89. The van der Waals surface area contributed by atoms with Gasteiger partial charge < -0.3 is 20.3 Å². The highest BCUT2D eigenvalue weighted by Crippen LogP contribution is 2.15. The molecule has 1 aromatic rings. The van der Waals surface area contributed by atoms with E-state index in [2.05, 4.69) is 15.6 Å². The summed E-state index contributed by atoms with van der Waals surface area (Å²) in [5.41, 5.74) is 0.938. The molecule has 0 saturated carbocycles. The first kappa shape index (κ1) is 20.3. The number of halogens is 1. The van der Waals surface area contributed by atoms with Gasteiger partial charge >= 0.3 is 0 Å². The third-order valence-corrected chi connectivity index (χ3v) is 3.60. The minimum absolute atomic E-state index is 0.0171. The normalized spacial score (nSPS) is 11.2. The smallest absolute Gasteiger partial charge is 0.241 e. The molecule has 1 amide bonds. The molecule has 0 bridgehead atoms. The molecule has 0 aromatic heterocycles. The molecule has 0 radical (unpaired) electrons. The number of rotatable bonds is 9. The summed E-state index contributed by atoms with van der Waals surface area (Å²) in [7, 11) is 3.44. The summed E-state index contributed by atoms with van der Waals surface area (Å²) in [6, 6.07) is 7.58. The minimum atomic E-state index is -0.0171. The van der Waals surface area contributed by atoms with E-state index < -0.39 is 0 Å². The van der Waals surface area contributed by atoms with Crippen LogP contribution >= 0.6 is 11.6 Å². The van der Waals surface area contributed by atoms with E-state index in [9.17, 15) is 4.79 Å². The van der Waals surface area contributed by atoms with Crippen LogP contribution in [0, 0.1) is 0 Å². The number of amides is 1. The Labute approximate surface area is 149 Å². The molecule has 1 rings (SSSR count). The van der Waals surface area contributed by atoms with Crippen molar-refractivity contribution in [3.8, 4) is 0 Å². The summed E-state index contributed by atoms with van der Waals surface area (Å²) in [4.78, 5) is 17.8. The summed E-state index contributed by atoms with van der Waals surface area (Å²) in [6.07, 6.45) is 0.863. The van der Waals surface area contributed by atoms with E-state index in [0.717, 1.165) is 12.0 Å². The fourth-order valence-electron chi connectivity index (χ4n) is 1.81. The Bertz CT molecular complexity index is 535. The van der Waals surface area contributed by atoms with Crippen LogP contribution in [-0.4, -0.2) is 57.2 Å². The number of hydrogen-bond donors (Lipinski definition) is 2. The second-order valence-electron chi connectivity index (χ2n) is 5.38. The molecular formula is C17H27ClN4O2. The molecule has 1 aromatic carbocycles. The molecule has 0 aliphatic rings. The zero-order chi connectivity index (χ0) is 17.8. The Balaban J connectivity index is 2.59. The number of hydrogen-bond acceptors (Lipinski definition) is 3. The maximum atomic E-state index is 11.7. The number of likely N-dealkylation sites (N-methyl/N-ethyl adjacent to an activating group) is 1. The van der Waals surface area contributed by atoms with Crippen LogP contribution in [0.4, 0.5) is 0 Å². The standard InChI is InChI=1S/C17H27ClN4O2/c1-4-24-11-7-10-19-17(21-13-16(23)22(2)3)20-12-14-8-5-6-9-15(14)18/h5-6,8-9H,4,7,10-13H2,1-3H3,(H2,19,20,21). The van der Waals surface area contributed by atoms with Gasteiger partial charge in [0.2, 0.25) is 5.91 Å². The van der Waals surface area contributed by atoms with Gasteiger partial charge in [-0.2, -0.15) is 0 Å². The molecule has 0 spiro atoms. The van der Waals surface area contributed by atoms with E-state index in [1.165, 1.54) is 4.90 Å². The maximum Gasteiger partial charge on any atom is 0.241 e. The minimum Gasteiger partial charge on any atom is -0.382 e. The fourth-order valence-corrected chi connectivity index (χ4v) is 2.00. The van der Waals surface area contributed by atoms with Crippen LogP contribution < -0.4 is 10.6 Å². The lowest BCUT2D eigenvalue weighted by Crippen LogP contribution is -2.43. The number of nitrogens with one attached hydrogen (secondary N) is 2. The lowest BCUT2D eigenvalue weighted by atomic mass is 10.2. The molecule has 0 aliphatic carbocycles. The van der Waals surface area contributed by atoms with Gasteiger partial charge in [-0.1, -0.05) is 29.8 Å². The molecule has 6 nitrogen and oxygen atoms in total. The van der Waals surface area contributed by atoms with Crippen molar-refractivity contribution in [3.05, 3.63) is 34.9 Å². The van der Waals surface area contributed by atoms with E-state index >= 15 is 0 Å². The SMILES string of the molecule is CCOCCCNC(=NCc1ccccc1Cl)NCC(=O)N(C)C. The van der Waals surface area contributed by atoms with Crippen LogP contribution in [0.3, 0.4) is 0 Å². The highest BCUT2D eigenvalue weighted by Gasteiger charge is 2.06. The van der Waals surface area contributed by atoms with Crippen LogP contribution in [-0.2, 0) is 16.1 Å². The molecule has 7 heteroatoms. The fraction of sp³-hybridized carbons (Fsp3) is 0.529. The monoisotopic (exact) mass is 354 g/mol. The van der Waals surface area contributed by atoms with Crippen molar-refractivity contribution in [3.63, 3.8) is 0 Å². The number of carbonyl (C=O) groups excluding carboxylic acids is 1. The number of guanidine groups is 1. The molecule has 24 heavy (non-hydrogen) atoms. The van der Waals surface area contributed by atoms with Gasteiger partial charge in [0.25, 0.3) is 0 Å². The van der Waals surface area contributed by atoms with Crippen molar-refractivity contribution in [2.45, 2.75) is 19.9 Å². The third kappa shape index (κ3) is 8.17. The van der Waals surface area contributed by atoms with Crippen LogP contribution in [0.1, 0.15) is 18.9 Å². The Kier molecular flexibility index (Phi) is 9.88. The van der Waals surface area contributed by atoms with Crippen LogP contribution in [0.25, 0.3) is 0 Å². The van der Waals surface area contributed by atoms with Gasteiger partial charge in [-0.25, -0.2) is 4.99 Å². The molecule has 0 aliphatic heterocycles. The average Bonchev–Trinajstić information content (AvgIpc) is 2.57. The molecule has 0 heterocycles. The zero-order valence-electron chi connectivity index (χ0n) is 14.6. The molecule has 2 N–H and O–H groups in total. The maximum absolute atomic E-state index is 11.7. The van der Waals surface area contributed by atoms with Crippen molar-refractivity contribution >= 4 is 23.5 Å². The topological polar surface area (TPSA) is 66.0 Å². The van der Waals surface area contributed by atoms with E-state index in [1.807, 2.05) is 31.2 Å². The summed E-state index contributed by atoms with van der Waals surface area (Å²) in [5.74, 6) is 0.568. The van der Waals surface area contributed by atoms with Gasteiger partial charge in [0.05, 0.1) is 13.1 Å². The second kappa shape index (κ2) is 11.7. The number of ether oxygens (including phenoxy) is 1. The molecule has 0 saturated heterocycles. The van der Waals surface area contributed by atoms with Gasteiger partial charge in [-0.3, -0.25) is 4.79 Å². The molecule has 0 unspecified atom stereocenters. The molecule has 134 valence electrons. The lowest BCUT2D eigenvalue weighted by Gasteiger charge is -2.15. The van der Waals surface area contributed by atoms with Gasteiger partial charge in [0.15, 0.2) is 5.96 Å². The first-order valence-electron chi connectivity index (χ1n) is 8.08. The van der Waals surface area contributed by atoms with Crippen molar-refractivity contribution in [1.82, 2.24) is 15.5 Å². The highest BCUT2D eigenvalue weighted by molar-refractivity contribution is 6.31. The van der Waals surface area contributed by atoms with Gasteiger partial charge in [0.1, 0.15) is 0 Å². The van der Waals surface area contributed by atoms with Crippen molar-refractivity contribution in [2.24, 2.45) is 4.99 Å². The van der Waals surface area contributed by atoms with E-state index in [0.29, 0.717) is 37.3 Å². The Morgan fingerprint density at radius 1 is 1.29 bits per heavy atom. The van der Waals surface area contributed by atoms with Gasteiger partial charge in [0, 0.05) is 38.9 Å². The molecule has 0 atom stereocenters. The zero-order valence-corrected chi connectivity index (χ0v) is 15.4. The van der Waals surface area contributed by atoms with Crippen LogP contribution in [0.2, 0.25) is 5.02 Å². The van der Waals surface area contributed by atoms with E-state index in [1.54, 1.807) is 14.1 Å². The van der Waals surface area contributed by atoms with Gasteiger partial charge in [-0.15, -0.1) is 0 Å². The number of nitrogens with zero attached hydrogens (tertiary/aromatic N) is 2. The highest BCUT2D eigenvalue weighted by atomic mass is 35.5. The van der Waals surface area contributed by atoms with Gasteiger partial charge in [-0.05, 0) is 25.0 Å². The summed E-state index contributed by atoms with van der Waals surface area (Å²) >= 11 is 6.15. The number of aliphatic imine (C=N–C) groups is 1. The first-order valence-corrected chi connectivity index (χ1v) is 8.45. The van der Waals surface area contributed by atoms with Crippen LogP contribution in [0.5, 0.6) is 0 Å². The first-order chi connectivity index (χ1) is 11.5. The average molecular weight is 355 g/mol. The quantitative estimate of drug-likeness (QED) is 0.404. The predicted molar refractivity (Wildman–Crippen MR) is 98.4 cm³/mol. The number of benzene rings is 1. The Hall–Kier alpha value is -1.79. The number of carbonyl (C=O) groups is 1. The van der Waals surface area contributed by atoms with E-state index in [-0.39, 0.29) is 12.5 Å². The Morgan fingerprint density at radius 2 is 2.04 bits per heavy atom. The summed E-state index contributed by atoms with van der Waals surface area (Å²) < 4.78 is 5.31. The Morgan fingerprint density at radius 3 is 2.71 bits per heavy atom. The molecular weight excluding hydrogens is 328 g/mol. The summed E-state index contributed by atoms with van der Waals surface area (Å²) in [6.45, 7) is 4.72. The van der Waals surface area contributed by atoms with Crippen molar-refractivity contribution in [1.29, 1.82) is 0 Å². The second-order valence-corrected chi connectivity index (χ2v) is 5.78. The van der Waals surface area contributed by atoms with Crippen molar-refractivity contribution < 1.29 is 9.53 Å². The van der Waals surface area contributed by atoms with Crippen molar-refractivity contribution in [2.75, 3.05) is 40.4 Å². The third-order valence-electron chi connectivity index (χ3n) is 3.23. The summed E-state index contributed by atoms with van der Waals surface area (Å²) in [5, 5.41) is 6.93. The lowest BCUT2D eigenvalue weighted by molar-refractivity contribution is -0.127. The molecule has 0 fully saturated rings. The largest absolute Gasteiger partial charge is 0.382 e. The van der Waals surface area contributed by atoms with Crippen LogP contribution in [0.15, 0.2) is 29.3 Å². The van der Waals surface area contributed by atoms with E-state index in [4.69, 9.17) is 16.3 Å².